The van der Waals surface area contributed by atoms with Crippen LogP contribution in [0.5, 0.6) is 0 Å². The van der Waals surface area contributed by atoms with E-state index >= 15 is 0 Å². The zero-order chi connectivity index (χ0) is 14.2. The van der Waals surface area contributed by atoms with Crippen molar-refractivity contribution in [1.29, 1.82) is 0 Å². The first kappa shape index (κ1) is 13.8. The Hall–Kier alpha value is -0.150. The van der Waals surface area contributed by atoms with Crippen LogP contribution in [0.15, 0.2) is 11.1 Å². The molecule has 2 saturated heterocycles. The van der Waals surface area contributed by atoms with Crippen molar-refractivity contribution in [2.45, 2.75) is 64.6 Å². The summed E-state index contributed by atoms with van der Waals surface area (Å²) in [7, 11) is -0.762. The number of ether oxygens (including phenoxy) is 1. The molecule has 108 valence electrons. The summed E-state index contributed by atoms with van der Waals surface area (Å²) in [6, 6.07) is 0. The molecule has 2 fully saturated rings. The minimum absolute atomic E-state index is 0.0919. The summed E-state index contributed by atoms with van der Waals surface area (Å²) < 4.78 is 18.8. The molecule has 3 heteroatoms. The lowest BCUT2D eigenvalue weighted by molar-refractivity contribution is 0.0920. The van der Waals surface area contributed by atoms with Crippen LogP contribution in [0.1, 0.15) is 48.0 Å². The van der Waals surface area contributed by atoms with Gasteiger partial charge in [-0.15, -0.1) is 0 Å². The van der Waals surface area contributed by atoms with Crippen LogP contribution < -0.4 is 0 Å². The van der Waals surface area contributed by atoms with Gasteiger partial charge < -0.3 is 4.74 Å². The van der Waals surface area contributed by atoms with Gasteiger partial charge in [0, 0.05) is 23.3 Å². The topological polar surface area (TPSA) is 26.3 Å². The zero-order valence-corrected chi connectivity index (χ0v) is 13.8. The molecule has 1 unspecified atom stereocenters. The fourth-order valence-electron chi connectivity index (χ4n) is 4.30. The van der Waals surface area contributed by atoms with Gasteiger partial charge >= 0.3 is 0 Å². The standard InChI is InChI=1S/C16H26O2S/c1-15(2,3)10-11(16(4,5)6)14-12-9(7-8-18-12)13(10)19(14)17/h9,12-14H,7-8H2,1-6H3/t9-,12+,13+,14+,19?/m1/s1. The van der Waals surface area contributed by atoms with Gasteiger partial charge in [0.05, 0.1) is 16.6 Å². The van der Waals surface area contributed by atoms with E-state index in [1.165, 1.54) is 11.1 Å². The second kappa shape index (κ2) is 3.94. The predicted molar refractivity (Wildman–Crippen MR) is 79.5 cm³/mol. The maximum atomic E-state index is 12.9. The average molecular weight is 282 g/mol. The largest absolute Gasteiger partial charge is 0.376 e. The summed E-state index contributed by atoms with van der Waals surface area (Å²) >= 11 is 0. The van der Waals surface area contributed by atoms with Gasteiger partial charge in [0.2, 0.25) is 0 Å². The van der Waals surface area contributed by atoms with E-state index < -0.39 is 10.8 Å². The Bertz CT molecular complexity index is 424. The monoisotopic (exact) mass is 282 g/mol. The number of fused-ring (bicyclic) bond motifs is 5. The summed E-state index contributed by atoms with van der Waals surface area (Å²) in [5, 5.41) is 0.415. The number of hydrogen-bond acceptors (Lipinski definition) is 2. The summed E-state index contributed by atoms with van der Waals surface area (Å²) in [4.78, 5) is 0. The van der Waals surface area contributed by atoms with E-state index in [0.717, 1.165) is 13.0 Å². The van der Waals surface area contributed by atoms with Gasteiger partial charge in [-0.3, -0.25) is 4.21 Å². The summed E-state index contributed by atoms with van der Waals surface area (Å²) in [6.45, 7) is 14.5. The van der Waals surface area contributed by atoms with Crippen LogP contribution in [-0.2, 0) is 15.5 Å². The molecule has 3 heterocycles. The molecule has 3 aliphatic heterocycles. The highest BCUT2D eigenvalue weighted by atomic mass is 32.2. The SMILES string of the molecule is CC(C)(C)C1=C(C(C)(C)C)[C@H]2[C@H]3OCC[C@H]3[C@@H]1S2=O. The highest BCUT2D eigenvalue weighted by molar-refractivity contribution is 7.87. The highest BCUT2D eigenvalue weighted by Gasteiger charge is 2.62. The first-order valence-electron chi connectivity index (χ1n) is 7.40. The first-order chi connectivity index (χ1) is 8.64. The van der Waals surface area contributed by atoms with E-state index in [4.69, 9.17) is 4.74 Å². The van der Waals surface area contributed by atoms with Gasteiger partial charge in [-0.25, -0.2) is 0 Å². The molecule has 0 saturated carbocycles. The van der Waals surface area contributed by atoms with E-state index in [-0.39, 0.29) is 27.4 Å². The maximum absolute atomic E-state index is 12.9. The third-order valence-electron chi connectivity index (χ3n) is 4.85. The molecule has 2 bridgehead atoms. The molecule has 3 rings (SSSR count). The van der Waals surface area contributed by atoms with Crippen LogP contribution in [0.3, 0.4) is 0 Å². The van der Waals surface area contributed by atoms with Crippen LogP contribution in [0.25, 0.3) is 0 Å². The van der Waals surface area contributed by atoms with Gasteiger partial charge in [0.1, 0.15) is 0 Å². The third kappa shape index (κ3) is 1.80. The highest BCUT2D eigenvalue weighted by Crippen LogP contribution is 2.58. The molecule has 0 radical (unpaired) electrons. The molecule has 19 heavy (non-hydrogen) atoms. The van der Waals surface area contributed by atoms with Crippen LogP contribution in [0, 0.1) is 16.7 Å². The smallest absolute Gasteiger partial charge is 0.0836 e. The zero-order valence-electron chi connectivity index (χ0n) is 12.9. The van der Waals surface area contributed by atoms with E-state index in [2.05, 4.69) is 41.5 Å². The molecule has 0 amide bonds. The molecular weight excluding hydrogens is 256 g/mol. The van der Waals surface area contributed by atoms with E-state index in [1.54, 1.807) is 0 Å². The number of hydrogen-bond donors (Lipinski definition) is 0. The summed E-state index contributed by atoms with van der Waals surface area (Å²) in [5.41, 5.74) is 3.13. The second-order valence-electron chi connectivity index (χ2n) is 8.29. The Labute approximate surface area is 119 Å². The molecule has 3 aliphatic rings. The minimum Gasteiger partial charge on any atom is -0.376 e. The van der Waals surface area contributed by atoms with Crippen LogP contribution in [0.2, 0.25) is 0 Å². The van der Waals surface area contributed by atoms with Gasteiger partial charge in [-0.2, -0.15) is 0 Å². The van der Waals surface area contributed by atoms with Crippen molar-refractivity contribution in [3.63, 3.8) is 0 Å². The fourth-order valence-corrected chi connectivity index (χ4v) is 7.23. The Balaban J connectivity index is 2.18. The molecule has 0 aliphatic carbocycles. The Morgan fingerprint density at radius 1 is 1.00 bits per heavy atom. The quantitative estimate of drug-likeness (QED) is 0.637. The van der Waals surface area contributed by atoms with E-state index in [0.29, 0.717) is 5.92 Å². The van der Waals surface area contributed by atoms with Crippen molar-refractivity contribution >= 4 is 10.8 Å². The van der Waals surface area contributed by atoms with Gasteiger partial charge in [-0.1, -0.05) is 41.5 Å². The lowest BCUT2D eigenvalue weighted by Gasteiger charge is -2.38. The fraction of sp³-hybridized carbons (Fsp3) is 0.875. The summed E-state index contributed by atoms with van der Waals surface area (Å²) in [6.07, 6.45) is 1.32. The van der Waals surface area contributed by atoms with Crippen LogP contribution in [-0.4, -0.2) is 27.4 Å². The molecule has 2 nitrogen and oxygen atoms in total. The molecule has 5 atom stereocenters. The van der Waals surface area contributed by atoms with Crippen molar-refractivity contribution in [2.75, 3.05) is 6.61 Å². The van der Waals surface area contributed by atoms with Gasteiger partial charge in [0.25, 0.3) is 0 Å². The molecule has 0 spiro atoms. The predicted octanol–water partition coefficient (Wildman–Crippen LogP) is 3.29. The first-order valence-corrected chi connectivity index (χ1v) is 8.67. The Morgan fingerprint density at radius 2 is 1.53 bits per heavy atom. The van der Waals surface area contributed by atoms with Gasteiger partial charge in [-0.05, 0) is 28.4 Å². The van der Waals surface area contributed by atoms with Crippen molar-refractivity contribution in [3.8, 4) is 0 Å². The molecular formula is C16H26O2S. The Morgan fingerprint density at radius 3 is 2.05 bits per heavy atom. The molecule has 0 aromatic heterocycles. The minimum atomic E-state index is -0.762. The van der Waals surface area contributed by atoms with Crippen molar-refractivity contribution in [2.24, 2.45) is 16.7 Å². The lowest BCUT2D eigenvalue weighted by Crippen LogP contribution is -2.38. The molecule has 0 N–H and O–H groups in total. The van der Waals surface area contributed by atoms with Crippen LogP contribution in [0.4, 0.5) is 0 Å². The van der Waals surface area contributed by atoms with Gasteiger partial charge in [0.15, 0.2) is 0 Å². The third-order valence-corrected chi connectivity index (χ3v) is 6.94. The number of rotatable bonds is 0. The average Bonchev–Trinajstić information content (AvgIpc) is 2.84. The summed E-state index contributed by atoms with van der Waals surface area (Å²) in [5.74, 6) is 0.506. The van der Waals surface area contributed by atoms with Crippen molar-refractivity contribution < 1.29 is 8.95 Å². The van der Waals surface area contributed by atoms with E-state index in [9.17, 15) is 4.21 Å². The second-order valence-corrected chi connectivity index (χ2v) is 9.96. The van der Waals surface area contributed by atoms with Crippen molar-refractivity contribution in [1.82, 2.24) is 0 Å². The maximum Gasteiger partial charge on any atom is 0.0836 e. The van der Waals surface area contributed by atoms with E-state index in [1.807, 2.05) is 0 Å². The van der Waals surface area contributed by atoms with Crippen LogP contribution >= 0.6 is 0 Å². The molecule has 0 aromatic carbocycles. The lowest BCUT2D eigenvalue weighted by atomic mass is 9.66. The van der Waals surface area contributed by atoms with Crippen molar-refractivity contribution in [3.05, 3.63) is 11.1 Å². The Kier molecular flexibility index (Phi) is 2.87. The normalized spacial score (nSPS) is 42.1. The molecule has 0 aromatic rings.